The first-order chi connectivity index (χ1) is 9.63. The molecule has 4 heteroatoms. The number of unbranched alkanes of at least 4 members (excludes halogenated alkanes) is 1. The van der Waals surface area contributed by atoms with Gasteiger partial charge in [-0.3, -0.25) is 4.90 Å². The Hall–Kier alpha value is -0.330. The Kier molecular flexibility index (Phi) is 6.58. The van der Waals surface area contributed by atoms with Crippen molar-refractivity contribution in [1.29, 1.82) is 0 Å². The van der Waals surface area contributed by atoms with Crippen molar-refractivity contribution in [3.63, 3.8) is 0 Å². The van der Waals surface area contributed by atoms with Crippen LogP contribution in [0.4, 0.5) is 0 Å². The molecule has 0 aliphatic carbocycles. The van der Waals surface area contributed by atoms with Crippen LogP contribution in [0, 0.1) is 3.57 Å². The van der Waals surface area contributed by atoms with Gasteiger partial charge in [0.25, 0.3) is 0 Å². The van der Waals surface area contributed by atoms with E-state index in [1.807, 2.05) is 12.1 Å². The van der Waals surface area contributed by atoms with Gasteiger partial charge in [-0.1, -0.05) is 0 Å². The third-order valence-electron chi connectivity index (χ3n) is 3.45. The molecule has 1 saturated heterocycles. The van der Waals surface area contributed by atoms with Gasteiger partial charge in [-0.2, -0.15) is 0 Å². The number of ether oxygens (including phenoxy) is 2. The Balaban J connectivity index is 1.58. The zero-order valence-corrected chi connectivity index (χ0v) is 14.5. The van der Waals surface area contributed by atoms with Gasteiger partial charge >= 0.3 is 0 Å². The van der Waals surface area contributed by atoms with Crippen LogP contribution in [0.15, 0.2) is 24.3 Å². The van der Waals surface area contributed by atoms with Gasteiger partial charge in [0, 0.05) is 16.7 Å². The first kappa shape index (κ1) is 16.0. The lowest BCUT2D eigenvalue weighted by molar-refractivity contribution is -0.0682. The molecule has 2 atom stereocenters. The zero-order chi connectivity index (χ0) is 14.4. The van der Waals surface area contributed by atoms with Crippen LogP contribution in [0.5, 0.6) is 5.75 Å². The molecule has 3 nitrogen and oxygen atoms in total. The quantitative estimate of drug-likeness (QED) is 0.549. The van der Waals surface area contributed by atoms with E-state index in [4.69, 9.17) is 9.47 Å². The van der Waals surface area contributed by atoms with Gasteiger partial charge in [-0.15, -0.1) is 0 Å². The predicted molar refractivity (Wildman–Crippen MR) is 90.3 cm³/mol. The lowest BCUT2D eigenvalue weighted by Gasteiger charge is -2.35. The maximum Gasteiger partial charge on any atom is 0.119 e. The summed E-state index contributed by atoms with van der Waals surface area (Å²) in [6.07, 6.45) is 3.01. The standard InChI is InChI=1S/C16H24INO2/c1-13-11-18(12-14(2)20-13)9-3-4-10-19-16-7-5-15(17)6-8-16/h5-8,13-14H,3-4,9-12H2,1-2H3/t13-,14+. The van der Waals surface area contributed by atoms with Gasteiger partial charge in [-0.05, 0) is 80.1 Å². The maximum absolute atomic E-state index is 5.75. The van der Waals surface area contributed by atoms with E-state index in [9.17, 15) is 0 Å². The minimum atomic E-state index is 0.363. The third kappa shape index (κ3) is 5.58. The topological polar surface area (TPSA) is 21.7 Å². The minimum Gasteiger partial charge on any atom is -0.494 e. The van der Waals surface area contributed by atoms with Gasteiger partial charge in [0.1, 0.15) is 5.75 Å². The van der Waals surface area contributed by atoms with Crippen LogP contribution in [-0.2, 0) is 4.74 Å². The van der Waals surface area contributed by atoms with Gasteiger partial charge in [0.15, 0.2) is 0 Å². The predicted octanol–water partition coefficient (Wildman–Crippen LogP) is 3.56. The molecule has 0 radical (unpaired) electrons. The Morgan fingerprint density at radius 2 is 1.80 bits per heavy atom. The molecule has 0 spiro atoms. The largest absolute Gasteiger partial charge is 0.494 e. The molecule has 0 amide bonds. The molecule has 0 bridgehead atoms. The SMILES string of the molecule is C[C@@H]1CN(CCCCOc2ccc(I)cc2)C[C@H](C)O1. The summed E-state index contributed by atoms with van der Waals surface area (Å²) < 4.78 is 12.7. The summed E-state index contributed by atoms with van der Waals surface area (Å²) in [5, 5.41) is 0. The molecule has 1 fully saturated rings. The Morgan fingerprint density at radius 1 is 1.15 bits per heavy atom. The van der Waals surface area contributed by atoms with Gasteiger partial charge in [-0.25, -0.2) is 0 Å². The molecule has 1 aromatic carbocycles. The molecular formula is C16H24INO2. The number of rotatable bonds is 6. The molecule has 0 saturated carbocycles. The van der Waals surface area contributed by atoms with Crippen LogP contribution < -0.4 is 4.74 Å². The van der Waals surface area contributed by atoms with E-state index in [1.165, 1.54) is 9.99 Å². The fourth-order valence-corrected chi connectivity index (χ4v) is 2.98. The van der Waals surface area contributed by atoms with Crippen molar-refractivity contribution in [3.05, 3.63) is 27.8 Å². The lowest BCUT2D eigenvalue weighted by atomic mass is 10.2. The van der Waals surface area contributed by atoms with E-state index < -0.39 is 0 Å². The van der Waals surface area contributed by atoms with Crippen molar-refractivity contribution in [3.8, 4) is 5.75 Å². The zero-order valence-electron chi connectivity index (χ0n) is 12.3. The van der Waals surface area contributed by atoms with Crippen LogP contribution >= 0.6 is 22.6 Å². The van der Waals surface area contributed by atoms with Crippen molar-refractivity contribution in [1.82, 2.24) is 4.90 Å². The average Bonchev–Trinajstić information content (AvgIpc) is 2.39. The molecule has 0 N–H and O–H groups in total. The van der Waals surface area contributed by atoms with Crippen molar-refractivity contribution < 1.29 is 9.47 Å². The minimum absolute atomic E-state index is 0.363. The molecule has 20 heavy (non-hydrogen) atoms. The van der Waals surface area contributed by atoms with Crippen molar-refractivity contribution >= 4 is 22.6 Å². The van der Waals surface area contributed by atoms with E-state index in [0.29, 0.717) is 12.2 Å². The fourth-order valence-electron chi connectivity index (χ4n) is 2.63. The van der Waals surface area contributed by atoms with Crippen LogP contribution in [-0.4, -0.2) is 43.3 Å². The highest BCUT2D eigenvalue weighted by Crippen LogP contribution is 2.14. The summed E-state index contributed by atoms with van der Waals surface area (Å²) in [6.45, 7) is 8.37. The fraction of sp³-hybridized carbons (Fsp3) is 0.625. The summed E-state index contributed by atoms with van der Waals surface area (Å²) in [5.41, 5.74) is 0. The third-order valence-corrected chi connectivity index (χ3v) is 4.17. The van der Waals surface area contributed by atoms with Crippen molar-refractivity contribution in [2.45, 2.75) is 38.9 Å². The molecule has 0 aromatic heterocycles. The lowest BCUT2D eigenvalue weighted by Crippen LogP contribution is -2.45. The molecular weight excluding hydrogens is 365 g/mol. The summed E-state index contributed by atoms with van der Waals surface area (Å²) in [5.74, 6) is 0.971. The molecule has 112 valence electrons. The molecule has 1 aliphatic rings. The van der Waals surface area contributed by atoms with E-state index in [2.05, 4.69) is 53.5 Å². The van der Waals surface area contributed by atoms with Crippen LogP contribution in [0.25, 0.3) is 0 Å². The van der Waals surface area contributed by atoms with E-state index in [1.54, 1.807) is 0 Å². The van der Waals surface area contributed by atoms with E-state index in [0.717, 1.165) is 38.4 Å². The molecule has 1 heterocycles. The highest BCUT2D eigenvalue weighted by Gasteiger charge is 2.21. The highest BCUT2D eigenvalue weighted by molar-refractivity contribution is 14.1. The molecule has 0 unspecified atom stereocenters. The summed E-state index contributed by atoms with van der Waals surface area (Å²) in [7, 11) is 0. The van der Waals surface area contributed by atoms with Gasteiger partial charge in [0.2, 0.25) is 0 Å². The second-order valence-electron chi connectivity index (χ2n) is 5.53. The number of nitrogens with zero attached hydrogens (tertiary/aromatic N) is 1. The monoisotopic (exact) mass is 389 g/mol. The molecule has 1 aromatic rings. The number of hydrogen-bond donors (Lipinski definition) is 0. The summed E-state index contributed by atoms with van der Waals surface area (Å²) in [4.78, 5) is 2.50. The van der Waals surface area contributed by atoms with Crippen LogP contribution in [0.1, 0.15) is 26.7 Å². The number of benzene rings is 1. The van der Waals surface area contributed by atoms with Crippen LogP contribution in [0.3, 0.4) is 0 Å². The molecule has 1 aliphatic heterocycles. The number of morpholine rings is 1. The average molecular weight is 389 g/mol. The van der Waals surface area contributed by atoms with Gasteiger partial charge < -0.3 is 9.47 Å². The Labute approximate surface area is 135 Å². The summed E-state index contributed by atoms with van der Waals surface area (Å²) in [6, 6.07) is 8.22. The van der Waals surface area contributed by atoms with Crippen molar-refractivity contribution in [2.75, 3.05) is 26.2 Å². The molecule has 2 rings (SSSR count). The highest BCUT2D eigenvalue weighted by atomic mass is 127. The van der Waals surface area contributed by atoms with Gasteiger partial charge in [0.05, 0.1) is 18.8 Å². The second-order valence-corrected chi connectivity index (χ2v) is 6.77. The number of halogens is 1. The first-order valence-electron chi connectivity index (χ1n) is 7.39. The second kappa shape index (κ2) is 8.20. The smallest absolute Gasteiger partial charge is 0.119 e. The normalized spacial score (nSPS) is 23.8. The Morgan fingerprint density at radius 3 is 2.45 bits per heavy atom. The maximum atomic E-state index is 5.75. The van der Waals surface area contributed by atoms with E-state index >= 15 is 0 Å². The van der Waals surface area contributed by atoms with Crippen LogP contribution in [0.2, 0.25) is 0 Å². The summed E-state index contributed by atoms with van der Waals surface area (Å²) >= 11 is 2.30. The Bertz CT molecular complexity index is 386. The van der Waals surface area contributed by atoms with E-state index in [-0.39, 0.29) is 0 Å². The first-order valence-corrected chi connectivity index (χ1v) is 8.47. The number of hydrogen-bond acceptors (Lipinski definition) is 3. The van der Waals surface area contributed by atoms with Crippen molar-refractivity contribution in [2.24, 2.45) is 0 Å².